The van der Waals surface area contributed by atoms with Gasteiger partial charge < -0.3 is 9.67 Å². The predicted octanol–water partition coefficient (Wildman–Crippen LogP) is 4.09. The minimum absolute atomic E-state index is 0.0426. The van der Waals surface area contributed by atoms with Crippen LogP contribution in [0.3, 0.4) is 0 Å². The van der Waals surface area contributed by atoms with Gasteiger partial charge in [0.15, 0.2) is 5.65 Å². The van der Waals surface area contributed by atoms with Gasteiger partial charge in [0.2, 0.25) is 0 Å². The minimum Gasteiger partial charge on any atom is -0.481 e. The van der Waals surface area contributed by atoms with Crippen molar-refractivity contribution in [2.24, 2.45) is 0 Å². The molecule has 0 unspecified atom stereocenters. The third-order valence-corrected chi connectivity index (χ3v) is 8.86. The summed E-state index contributed by atoms with van der Waals surface area (Å²) >= 11 is 0. The zero-order valence-corrected chi connectivity index (χ0v) is 21.5. The number of carbonyl (C=O) groups is 1. The largest absolute Gasteiger partial charge is 0.481 e. The topological polar surface area (TPSA) is 110 Å². The molecular weight excluding hydrogens is 502 g/mol. The van der Waals surface area contributed by atoms with Crippen molar-refractivity contribution in [3.8, 4) is 0 Å². The first-order valence-corrected chi connectivity index (χ1v) is 14.0. The number of benzene rings is 2. The highest BCUT2D eigenvalue weighted by Crippen LogP contribution is 2.34. The van der Waals surface area contributed by atoms with Gasteiger partial charge in [0, 0.05) is 37.3 Å². The molecule has 10 heteroatoms. The van der Waals surface area contributed by atoms with Crippen molar-refractivity contribution in [3.63, 3.8) is 0 Å². The highest BCUT2D eigenvalue weighted by molar-refractivity contribution is 7.90. The Morgan fingerprint density at radius 3 is 2.34 bits per heavy atom. The van der Waals surface area contributed by atoms with Gasteiger partial charge in [0.1, 0.15) is 17.8 Å². The van der Waals surface area contributed by atoms with Crippen molar-refractivity contribution >= 4 is 38.1 Å². The number of hydrogen-bond donors (Lipinski definition) is 1. The summed E-state index contributed by atoms with van der Waals surface area (Å²) < 4.78 is 30.0. The van der Waals surface area contributed by atoms with E-state index in [1.165, 1.54) is 15.7 Å². The van der Waals surface area contributed by atoms with E-state index in [0.717, 1.165) is 38.0 Å². The van der Waals surface area contributed by atoms with Gasteiger partial charge in [0.25, 0.3) is 10.0 Å². The van der Waals surface area contributed by atoms with Gasteiger partial charge in [-0.3, -0.25) is 9.69 Å². The molecule has 194 valence electrons. The monoisotopic (exact) mass is 529 g/mol. The van der Waals surface area contributed by atoms with Crippen molar-refractivity contribution in [2.75, 3.05) is 13.1 Å². The smallest absolute Gasteiger partial charge is 0.311 e. The van der Waals surface area contributed by atoms with Crippen molar-refractivity contribution < 1.29 is 18.3 Å². The Bertz CT molecular complexity index is 1720. The van der Waals surface area contributed by atoms with E-state index in [4.69, 9.17) is 0 Å². The molecule has 0 saturated carbocycles. The number of carboxylic acids is 1. The second-order valence-corrected chi connectivity index (χ2v) is 11.4. The highest BCUT2D eigenvalue weighted by Gasteiger charge is 2.28. The molecule has 9 nitrogen and oxygen atoms in total. The van der Waals surface area contributed by atoms with Gasteiger partial charge in [-0.1, -0.05) is 48.5 Å². The van der Waals surface area contributed by atoms with E-state index in [0.29, 0.717) is 22.4 Å². The van der Waals surface area contributed by atoms with Crippen molar-refractivity contribution in [2.45, 2.75) is 36.7 Å². The Labute approximate surface area is 220 Å². The van der Waals surface area contributed by atoms with E-state index >= 15 is 0 Å². The zero-order chi connectivity index (χ0) is 26.3. The standard InChI is InChI=1S/C28H27N5O4S/c34-26(35)17-25-30-24-18-29-28-23(13-16-32(28)38(36,37)22-9-5-2-6-10-22)27(24)33(25)21-11-14-31(15-12-21)19-20-7-3-1-4-8-20/h1-10,13,16,18,21H,11-12,14-15,17,19H2,(H,34,35). The molecule has 0 radical (unpaired) electrons. The lowest BCUT2D eigenvalue weighted by Gasteiger charge is -2.33. The fraction of sp³-hybridized carbons (Fsp3) is 0.250. The maximum atomic E-state index is 13.4. The molecule has 1 aliphatic rings. The molecule has 6 rings (SSSR count). The summed E-state index contributed by atoms with van der Waals surface area (Å²) in [5.74, 6) is -0.501. The van der Waals surface area contributed by atoms with Crippen LogP contribution in [0.5, 0.6) is 0 Å². The zero-order valence-electron chi connectivity index (χ0n) is 20.6. The summed E-state index contributed by atoms with van der Waals surface area (Å²) in [7, 11) is -3.85. The normalized spacial score (nSPS) is 15.4. The Hall–Kier alpha value is -4.02. The molecule has 0 atom stereocenters. The van der Waals surface area contributed by atoms with E-state index in [9.17, 15) is 18.3 Å². The second-order valence-electron chi connectivity index (χ2n) is 9.62. The summed E-state index contributed by atoms with van der Waals surface area (Å²) in [4.78, 5) is 23.4. The summed E-state index contributed by atoms with van der Waals surface area (Å²) in [6.45, 7) is 2.60. The summed E-state index contributed by atoms with van der Waals surface area (Å²) in [6.07, 6.45) is 4.50. The van der Waals surface area contributed by atoms with Crippen molar-refractivity contribution in [3.05, 3.63) is 90.5 Å². The first kappa shape index (κ1) is 24.3. The molecule has 2 aromatic carbocycles. The molecule has 5 aromatic rings. The van der Waals surface area contributed by atoms with E-state index in [1.807, 2.05) is 22.8 Å². The molecule has 0 aliphatic carbocycles. The maximum Gasteiger partial charge on any atom is 0.311 e. The second kappa shape index (κ2) is 9.70. The summed E-state index contributed by atoms with van der Waals surface area (Å²) in [5, 5.41) is 10.2. The lowest BCUT2D eigenvalue weighted by atomic mass is 10.0. The van der Waals surface area contributed by atoms with E-state index in [2.05, 4.69) is 27.0 Å². The first-order valence-electron chi connectivity index (χ1n) is 12.6. The predicted molar refractivity (Wildman–Crippen MR) is 143 cm³/mol. The molecule has 3 aromatic heterocycles. The molecule has 1 N–H and O–H groups in total. The Morgan fingerprint density at radius 2 is 1.66 bits per heavy atom. The number of imidazole rings is 1. The number of pyridine rings is 1. The average Bonchev–Trinajstić information content (AvgIpc) is 3.52. The van der Waals surface area contributed by atoms with Gasteiger partial charge in [-0.25, -0.2) is 22.4 Å². The van der Waals surface area contributed by atoms with Crippen LogP contribution in [0.1, 0.15) is 30.3 Å². The van der Waals surface area contributed by atoms with Gasteiger partial charge in [-0.15, -0.1) is 0 Å². The third kappa shape index (κ3) is 4.35. The average molecular weight is 530 g/mol. The quantitative estimate of drug-likeness (QED) is 0.338. The molecule has 0 amide bonds. The molecular formula is C28H27N5O4S. The number of likely N-dealkylation sites (tertiary alicyclic amines) is 1. The number of rotatable bonds is 7. The fourth-order valence-corrected chi connectivity index (χ4v) is 6.75. The Balaban J connectivity index is 1.40. The molecule has 1 aliphatic heterocycles. The maximum absolute atomic E-state index is 13.4. The lowest BCUT2D eigenvalue weighted by Crippen LogP contribution is -2.34. The van der Waals surface area contributed by atoms with Crippen LogP contribution in [0.25, 0.3) is 22.1 Å². The Kier molecular flexibility index (Phi) is 6.21. The van der Waals surface area contributed by atoms with Crippen LogP contribution in [0.15, 0.2) is 84.0 Å². The summed E-state index contributed by atoms with van der Waals surface area (Å²) in [5.41, 5.74) is 2.86. The number of carboxylic acid groups (broad SMARTS) is 1. The van der Waals surface area contributed by atoms with Crippen LogP contribution in [0.4, 0.5) is 0 Å². The van der Waals surface area contributed by atoms with Crippen LogP contribution >= 0.6 is 0 Å². The molecule has 1 saturated heterocycles. The first-order chi connectivity index (χ1) is 18.4. The van der Waals surface area contributed by atoms with Gasteiger partial charge in [0.05, 0.1) is 16.6 Å². The summed E-state index contributed by atoms with van der Waals surface area (Å²) in [6, 6.07) is 20.4. The molecule has 38 heavy (non-hydrogen) atoms. The van der Waals surface area contributed by atoms with Crippen molar-refractivity contribution in [1.29, 1.82) is 0 Å². The molecule has 0 bridgehead atoms. The van der Waals surface area contributed by atoms with Crippen LogP contribution in [0, 0.1) is 0 Å². The number of aromatic nitrogens is 4. The van der Waals surface area contributed by atoms with Crippen molar-refractivity contribution in [1.82, 2.24) is 23.4 Å². The SMILES string of the molecule is O=C(O)Cc1nc2cnc3c(ccn3S(=O)(=O)c3ccccc3)c2n1C1CCN(Cc2ccccc2)CC1. The third-order valence-electron chi connectivity index (χ3n) is 7.18. The van der Waals surface area contributed by atoms with Gasteiger partial charge in [-0.05, 0) is 36.6 Å². The highest BCUT2D eigenvalue weighted by atomic mass is 32.2. The van der Waals surface area contributed by atoms with E-state index < -0.39 is 16.0 Å². The number of fused-ring (bicyclic) bond motifs is 3. The van der Waals surface area contributed by atoms with Gasteiger partial charge >= 0.3 is 5.97 Å². The number of aliphatic carboxylic acids is 1. The van der Waals surface area contributed by atoms with E-state index in [-0.39, 0.29) is 17.4 Å². The fourth-order valence-electron chi connectivity index (χ4n) is 5.43. The van der Waals surface area contributed by atoms with Crippen LogP contribution in [-0.2, 0) is 27.8 Å². The number of piperidine rings is 1. The van der Waals surface area contributed by atoms with E-state index in [1.54, 1.807) is 42.6 Å². The van der Waals surface area contributed by atoms with Crippen LogP contribution < -0.4 is 0 Å². The van der Waals surface area contributed by atoms with Gasteiger partial charge in [-0.2, -0.15) is 0 Å². The van der Waals surface area contributed by atoms with Crippen LogP contribution in [-0.4, -0.2) is 56.0 Å². The molecule has 0 spiro atoms. The molecule has 1 fully saturated rings. The lowest BCUT2D eigenvalue weighted by molar-refractivity contribution is -0.136. The molecule has 4 heterocycles. The minimum atomic E-state index is -3.85. The van der Waals surface area contributed by atoms with Crippen LogP contribution in [0.2, 0.25) is 0 Å². The number of nitrogens with zero attached hydrogens (tertiary/aromatic N) is 5. The number of hydrogen-bond acceptors (Lipinski definition) is 6. The Morgan fingerprint density at radius 1 is 0.974 bits per heavy atom.